The van der Waals surface area contributed by atoms with Crippen molar-refractivity contribution >= 4 is 52.2 Å². The van der Waals surface area contributed by atoms with Crippen molar-refractivity contribution in [3.63, 3.8) is 0 Å². The number of halogens is 2. The van der Waals surface area contributed by atoms with Crippen LogP contribution in [0.15, 0.2) is 53.7 Å². The van der Waals surface area contributed by atoms with Gasteiger partial charge in [0, 0.05) is 10.6 Å². The molecule has 0 radical (unpaired) electrons. The van der Waals surface area contributed by atoms with Gasteiger partial charge in [0.25, 0.3) is 11.8 Å². The Bertz CT molecular complexity index is 1240. The number of hydrogen-bond donors (Lipinski definition) is 0. The summed E-state index contributed by atoms with van der Waals surface area (Å²) in [5, 5.41) is 6.10. The number of amides is 2. The monoisotopic (exact) mass is 602 g/mol. The molecule has 4 aliphatic carbocycles. The van der Waals surface area contributed by atoms with Gasteiger partial charge in [-0.15, -0.1) is 0 Å². The summed E-state index contributed by atoms with van der Waals surface area (Å²) in [7, 11) is 0. The average molecular weight is 603 g/mol. The molecule has 0 spiro atoms. The normalized spacial score (nSPS) is 30.1. The smallest absolute Gasteiger partial charge is 0.254 e. The quantitative estimate of drug-likeness (QED) is 0.187. The van der Waals surface area contributed by atoms with E-state index >= 15 is 0 Å². The van der Waals surface area contributed by atoms with Crippen molar-refractivity contribution in [2.45, 2.75) is 20.0 Å². The van der Waals surface area contributed by atoms with Crippen molar-refractivity contribution in [2.75, 3.05) is 6.61 Å². The van der Waals surface area contributed by atoms with Gasteiger partial charge < -0.3 is 9.47 Å². The zero-order chi connectivity index (χ0) is 24.3. The van der Waals surface area contributed by atoms with Crippen molar-refractivity contribution in [1.29, 1.82) is 0 Å². The maximum atomic E-state index is 13.2. The Balaban J connectivity index is 1.23. The number of benzene rings is 2. The first-order valence-electron chi connectivity index (χ1n) is 11.9. The van der Waals surface area contributed by atoms with Crippen LogP contribution < -0.4 is 9.47 Å². The van der Waals surface area contributed by atoms with Gasteiger partial charge in [-0.25, -0.2) is 0 Å². The van der Waals surface area contributed by atoms with E-state index in [1.165, 1.54) is 0 Å². The fourth-order valence-corrected chi connectivity index (χ4v) is 6.98. The summed E-state index contributed by atoms with van der Waals surface area (Å²) >= 11 is 8.46. The van der Waals surface area contributed by atoms with Crippen LogP contribution in [0.1, 0.15) is 24.5 Å². The molecule has 2 saturated carbocycles. The molecule has 7 rings (SSSR count). The highest BCUT2D eigenvalue weighted by Gasteiger charge is 2.67. The largest absolute Gasteiger partial charge is 0.490 e. The number of allylic oxidation sites excluding steroid dienone is 2. The average Bonchev–Trinajstić information content (AvgIpc) is 3.63. The SMILES string of the molecule is CCOc1cc(/C=N\N2C(=O)[C@@H]3[C@H]4C=C[C@@H]([C@@H]5C[C@H]45)[C@H]3C2=O)cc(I)c1OCc1ccccc1Cl. The molecule has 0 aromatic heterocycles. The van der Waals surface area contributed by atoms with Crippen LogP contribution in [0.5, 0.6) is 11.5 Å². The number of ether oxygens (including phenoxy) is 2. The van der Waals surface area contributed by atoms with E-state index in [0.29, 0.717) is 41.6 Å². The number of nitrogens with zero attached hydrogens (tertiary/aromatic N) is 2. The lowest BCUT2D eigenvalue weighted by molar-refractivity contribution is -0.140. The highest BCUT2D eigenvalue weighted by molar-refractivity contribution is 14.1. The van der Waals surface area contributed by atoms with Gasteiger partial charge in [-0.05, 0) is 83.4 Å². The summed E-state index contributed by atoms with van der Waals surface area (Å²) in [6, 6.07) is 11.3. The summed E-state index contributed by atoms with van der Waals surface area (Å²) in [4.78, 5) is 26.3. The Morgan fingerprint density at radius 1 is 1.09 bits per heavy atom. The number of rotatable bonds is 7. The van der Waals surface area contributed by atoms with Crippen LogP contribution in [0.25, 0.3) is 0 Å². The van der Waals surface area contributed by atoms with E-state index in [1.54, 1.807) is 6.21 Å². The standard InChI is InChI=1S/C27H24ClIN2O4/c1-2-34-22-10-14(9-21(29)25(22)35-13-15-5-3-4-6-20(15)28)12-30-31-26(32)23-16-7-8-17(19-11-18(16)19)24(23)27(31)33/h3-10,12,16-19,23-24H,2,11,13H2,1H3/b30-12-/t16-,17-,18-,19+,23+,24+/m0/s1. The second-order valence-corrected chi connectivity index (χ2v) is 11.1. The minimum atomic E-state index is -0.252. The third kappa shape index (κ3) is 3.87. The van der Waals surface area contributed by atoms with E-state index in [-0.39, 0.29) is 35.5 Å². The molecule has 35 heavy (non-hydrogen) atoms. The van der Waals surface area contributed by atoms with Gasteiger partial charge in [0.2, 0.25) is 0 Å². The van der Waals surface area contributed by atoms with Crippen molar-refractivity contribution in [3.05, 3.63) is 68.3 Å². The maximum absolute atomic E-state index is 13.2. The minimum absolute atomic E-state index is 0.166. The topological polar surface area (TPSA) is 68.2 Å². The molecule has 0 unspecified atom stereocenters. The lowest BCUT2D eigenvalue weighted by Crippen LogP contribution is -2.40. The minimum Gasteiger partial charge on any atom is -0.490 e. The maximum Gasteiger partial charge on any atom is 0.254 e. The summed E-state index contributed by atoms with van der Waals surface area (Å²) in [6.45, 7) is 2.67. The van der Waals surface area contributed by atoms with E-state index in [9.17, 15) is 9.59 Å². The highest BCUT2D eigenvalue weighted by atomic mass is 127. The van der Waals surface area contributed by atoms with Gasteiger partial charge in [-0.3, -0.25) is 9.59 Å². The van der Waals surface area contributed by atoms with E-state index in [0.717, 1.165) is 26.1 Å². The number of hydrazone groups is 1. The Labute approximate surface area is 222 Å². The van der Waals surface area contributed by atoms with Crippen LogP contribution in [0, 0.1) is 39.1 Å². The van der Waals surface area contributed by atoms with Crippen LogP contribution in [0.4, 0.5) is 0 Å². The van der Waals surface area contributed by atoms with E-state index in [1.807, 2.05) is 43.3 Å². The van der Waals surface area contributed by atoms with Gasteiger partial charge in [0.1, 0.15) is 6.61 Å². The molecule has 2 amide bonds. The summed E-state index contributed by atoms with van der Waals surface area (Å²) in [5.74, 6) is 1.87. The molecule has 180 valence electrons. The van der Waals surface area contributed by atoms with Crippen molar-refractivity contribution in [2.24, 2.45) is 40.6 Å². The van der Waals surface area contributed by atoms with Crippen molar-refractivity contribution in [3.8, 4) is 11.5 Å². The van der Waals surface area contributed by atoms with Crippen molar-refractivity contribution in [1.82, 2.24) is 5.01 Å². The van der Waals surface area contributed by atoms with Crippen LogP contribution in [-0.4, -0.2) is 29.6 Å². The molecule has 1 heterocycles. The molecule has 2 aromatic carbocycles. The number of hydrogen-bond acceptors (Lipinski definition) is 5. The van der Waals surface area contributed by atoms with Crippen LogP contribution >= 0.6 is 34.2 Å². The fraction of sp³-hybridized carbons (Fsp3) is 0.370. The highest BCUT2D eigenvalue weighted by Crippen LogP contribution is 2.65. The molecule has 6 atom stereocenters. The second kappa shape index (κ2) is 8.92. The number of carbonyl (C=O) groups is 2. The Kier molecular flexibility index (Phi) is 5.87. The van der Waals surface area contributed by atoms with E-state index < -0.39 is 0 Å². The number of carbonyl (C=O) groups excluding carboxylic acids is 2. The van der Waals surface area contributed by atoms with E-state index in [4.69, 9.17) is 21.1 Å². The predicted octanol–water partition coefficient (Wildman–Crippen LogP) is 5.31. The van der Waals surface area contributed by atoms with Gasteiger partial charge in [0.15, 0.2) is 11.5 Å². The molecule has 0 N–H and O–H groups in total. The predicted molar refractivity (Wildman–Crippen MR) is 140 cm³/mol. The Morgan fingerprint density at radius 3 is 2.43 bits per heavy atom. The lowest BCUT2D eigenvalue weighted by Gasteiger charge is -2.37. The Hall–Kier alpha value is -2.39. The summed E-state index contributed by atoms with van der Waals surface area (Å²) < 4.78 is 12.7. The lowest BCUT2D eigenvalue weighted by atomic mass is 9.63. The zero-order valence-electron chi connectivity index (χ0n) is 19.1. The third-order valence-corrected chi connectivity index (χ3v) is 8.79. The molecule has 8 heteroatoms. The summed E-state index contributed by atoms with van der Waals surface area (Å²) in [5.41, 5.74) is 1.61. The molecular weight excluding hydrogens is 579 g/mol. The van der Waals surface area contributed by atoms with Crippen LogP contribution in [0.3, 0.4) is 0 Å². The van der Waals surface area contributed by atoms with Gasteiger partial charge in [-0.2, -0.15) is 10.1 Å². The molecular formula is C27H24ClIN2O4. The molecule has 2 bridgehead atoms. The van der Waals surface area contributed by atoms with Gasteiger partial charge in [0.05, 0.1) is 28.2 Å². The molecule has 3 fully saturated rings. The first-order valence-corrected chi connectivity index (χ1v) is 13.4. The van der Waals surface area contributed by atoms with Crippen LogP contribution in [-0.2, 0) is 16.2 Å². The molecule has 6 nitrogen and oxygen atoms in total. The first kappa shape index (κ1) is 23.0. The van der Waals surface area contributed by atoms with Gasteiger partial charge in [-0.1, -0.05) is 42.0 Å². The van der Waals surface area contributed by atoms with Gasteiger partial charge >= 0.3 is 0 Å². The molecule has 1 aliphatic heterocycles. The van der Waals surface area contributed by atoms with Crippen molar-refractivity contribution < 1.29 is 19.1 Å². The van der Waals surface area contributed by atoms with E-state index in [2.05, 4.69) is 39.8 Å². The second-order valence-electron chi connectivity index (χ2n) is 9.53. The zero-order valence-corrected chi connectivity index (χ0v) is 22.0. The first-order chi connectivity index (χ1) is 17.0. The molecule has 5 aliphatic rings. The number of imide groups is 1. The third-order valence-electron chi connectivity index (χ3n) is 7.62. The molecule has 1 saturated heterocycles. The molecule has 2 aromatic rings. The summed E-state index contributed by atoms with van der Waals surface area (Å²) in [6.07, 6.45) is 7.03. The Morgan fingerprint density at radius 2 is 1.77 bits per heavy atom. The van der Waals surface area contributed by atoms with Crippen LogP contribution in [0.2, 0.25) is 5.02 Å². The fourth-order valence-electron chi connectivity index (χ4n) is 6.01.